The Kier molecular flexibility index (Phi) is 5.37. The van der Waals surface area contributed by atoms with Crippen LogP contribution in [0.3, 0.4) is 0 Å². The number of rotatable bonds is 6. The van der Waals surface area contributed by atoms with Crippen molar-refractivity contribution in [1.82, 2.24) is 10.6 Å². The van der Waals surface area contributed by atoms with Crippen LogP contribution in [0.5, 0.6) is 0 Å². The maximum atomic E-state index is 12.1. The monoisotopic (exact) mass is 350 g/mol. The van der Waals surface area contributed by atoms with Crippen molar-refractivity contribution in [2.24, 2.45) is 0 Å². The van der Waals surface area contributed by atoms with Crippen molar-refractivity contribution >= 4 is 22.8 Å². The molecular weight excluding hydrogens is 328 g/mol. The lowest BCUT2D eigenvalue weighted by atomic mass is 10.1. The molecule has 134 valence electrons. The van der Waals surface area contributed by atoms with E-state index in [9.17, 15) is 9.59 Å². The first-order chi connectivity index (χ1) is 12.5. The minimum Gasteiger partial charge on any atom is -0.459 e. The van der Waals surface area contributed by atoms with Crippen LogP contribution in [0.1, 0.15) is 41.1 Å². The summed E-state index contributed by atoms with van der Waals surface area (Å²) in [4.78, 5) is 24.3. The van der Waals surface area contributed by atoms with Gasteiger partial charge in [0.1, 0.15) is 11.3 Å². The summed E-state index contributed by atoms with van der Waals surface area (Å²) in [5, 5.41) is 6.69. The quantitative estimate of drug-likeness (QED) is 0.711. The maximum Gasteiger partial charge on any atom is 0.251 e. The van der Waals surface area contributed by atoms with Crippen molar-refractivity contribution in [3.63, 3.8) is 0 Å². The van der Waals surface area contributed by atoms with Gasteiger partial charge in [0.05, 0.1) is 6.04 Å². The summed E-state index contributed by atoms with van der Waals surface area (Å²) in [6, 6.07) is 16.8. The Hall–Kier alpha value is -3.08. The van der Waals surface area contributed by atoms with E-state index in [0.717, 1.165) is 16.5 Å². The van der Waals surface area contributed by atoms with Crippen LogP contribution in [-0.4, -0.2) is 18.4 Å². The molecule has 1 aromatic heterocycles. The van der Waals surface area contributed by atoms with Crippen molar-refractivity contribution in [2.45, 2.75) is 26.3 Å². The third kappa shape index (κ3) is 4.11. The minimum atomic E-state index is -0.234. The zero-order valence-electron chi connectivity index (χ0n) is 14.9. The van der Waals surface area contributed by atoms with Crippen LogP contribution < -0.4 is 10.6 Å². The van der Waals surface area contributed by atoms with Gasteiger partial charge in [-0.1, -0.05) is 36.4 Å². The van der Waals surface area contributed by atoms with Gasteiger partial charge in [0.15, 0.2) is 0 Å². The molecule has 0 spiro atoms. The smallest absolute Gasteiger partial charge is 0.251 e. The number of para-hydroxylation sites is 1. The van der Waals surface area contributed by atoms with E-state index in [2.05, 4.69) is 10.6 Å². The molecule has 1 atom stereocenters. The number of aryl methyl sites for hydroxylation is 1. The first-order valence-corrected chi connectivity index (χ1v) is 8.66. The Bertz CT molecular complexity index is 897. The van der Waals surface area contributed by atoms with E-state index in [1.165, 1.54) is 0 Å². The number of benzene rings is 2. The van der Waals surface area contributed by atoms with E-state index in [1.54, 1.807) is 6.07 Å². The van der Waals surface area contributed by atoms with Gasteiger partial charge in [-0.2, -0.15) is 0 Å². The molecule has 3 aromatic rings. The van der Waals surface area contributed by atoms with Crippen molar-refractivity contribution in [2.75, 3.05) is 6.54 Å². The SMILES string of the molecule is Cc1ccccc1C(=O)NCCC(=O)NC(C)c1cc2ccccc2o1. The standard InChI is InChI=1S/C21H22N2O3/c1-14-7-3-5-9-17(14)21(25)22-12-11-20(24)23-15(2)19-13-16-8-4-6-10-18(16)26-19/h3-10,13,15H,11-12H2,1-2H3,(H,22,25)(H,23,24). The number of hydrogen-bond donors (Lipinski definition) is 2. The van der Waals surface area contributed by atoms with Gasteiger partial charge in [0, 0.05) is 23.9 Å². The summed E-state index contributed by atoms with van der Waals surface area (Å²) in [5.41, 5.74) is 2.34. The molecule has 26 heavy (non-hydrogen) atoms. The summed E-state index contributed by atoms with van der Waals surface area (Å²) < 4.78 is 5.76. The van der Waals surface area contributed by atoms with Crippen LogP contribution in [0.4, 0.5) is 0 Å². The average Bonchev–Trinajstić information content (AvgIpc) is 3.06. The number of carbonyl (C=O) groups is 2. The van der Waals surface area contributed by atoms with Crippen LogP contribution in [-0.2, 0) is 4.79 Å². The van der Waals surface area contributed by atoms with Crippen LogP contribution in [0.15, 0.2) is 59.0 Å². The molecule has 1 unspecified atom stereocenters. The number of carbonyl (C=O) groups excluding carboxylic acids is 2. The lowest BCUT2D eigenvalue weighted by Crippen LogP contribution is -2.32. The van der Waals surface area contributed by atoms with Gasteiger partial charge in [-0.3, -0.25) is 9.59 Å². The van der Waals surface area contributed by atoms with Gasteiger partial charge in [-0.15, -0.1) is 0 Å². The summed E-state index contributed by atoms with van der Waals surface area (Å²) in [7, 11) is 0. The number of hydrogen-bond acceptors (Lipinski definition) is 3. The molecule has 0 aliphatic heterocycles. The van der Waals surface area contributed by atoms with Crippen molar-refractivity contribution in [3.05, 3.63) is 71.5 Å². The largest absolute Gasteiger partial charge is 0.459 e. The molecule has 0 aliphatic rings. The topological polar surface area (TPSA) is 71.3 Å². The summed E-state index contributed by atoms with van der Waals surface area (Å²) >= 11 is 0. The fourth-order valence-corrected chi connectivity index (χ4v) is 2.81. The third-order valence-corrected chi connectivity index (χ3v) is 4.28. The van der Waals surface area contributed by atoms with Crippen LogP contribution in [0.2, 0.25) is 0 Å². The molecule has 0 radical (unpaired) electrons. The second-order valence-electron chi connectivity index (χ2n) is 6.30. The Morgan fingerprint density at radius 1 is 1.08 bits per heavy atom. The summed E-state index contributed by atoms with van der Waals surface area (Å²) in [6.45, 7) is 4.05. The van der Waals surface area contributed by atoms with E-state index in [0.29, 0.717) is 11.3 Å². The molecule has 5 heteroatoms. The van der Waals surface area contributed by atoms with Gasteiger partial charge < -0.3 is 15.1 Å². The molecule has 3 rings (SSSR count). The van der Waals surface area contributed by atoms with Crippen molar-refractivity contribution in [3.8, 4) is 0 Å². The van der Waals surface area contributed by atoms with Gasteiger partial charge in [-0.05, 0) is 37.6 Å². The molecule has 5 nitrogen and oxygen atoms in total. The molecule has 2 amide bonds. The third-order valence-electron chi connectivity index (χ3n) is 4.28. The lowest BCUT2D eigenvalue weighted by Gasteiger charge is -2.12. The molecule has 0 fully saturated rings. The van der Waals surface area contributed by atoms with E-state index < -0.39 is 0 Å². The Labute approximate surface area is 152 Å². The van der Waals surface area contributed by atoms with E-state index in [1.807, 2.05) is 62.4 Å². The molecule has 0 saturated carbocycles. The van der Waals surface area contributed by atoms with Crippen LogP contribution in [0, 0.1) is 6.92 Å². The average molecular weight is 350 g/mol. The van der Waals surface area contributed by atoms with Gasteiger partial charge >= 0.3 is 0 Å². The van der Waals surface area contributed by atoms with E-state index in [-0.39, 0.29) is 30.8 Å². The predicted octanol–water partition coefficient (Wildman–Crippen LogP) is 3.74. The predicted molar refractivity (Wildman–Crippen MR) is 101 cm³/mol. The van der Waals surface area contributed by atoms with Crippen LogP contribution in [0.25, 0.3) is 11.0 Å². The first-order valence-electron chi connectivity index (χ1n) is 8.66. The number of furan rings is 1. The lowest BCUT2D eigenvalue weighted by molar-refractivity contribution is -0.121. The Morgan fingerprint density at radius 3 is 2.58 bits per heavy atom. The maximum absolute atomic E-state index is 12.1. The molecule has 0 saturated heterocycles. The second-order valence-corrected chi connectivity index (χ2v) is 6.30. The number of amides is 2. The fourth-order valence-electron chi connectivity index (χ4n) is 2.81. The zero-order valence-corrected chi connectivity index (χ0v) is 14.9. The highest BCUT2D eigenvalue weighted by atomic mass is 16.3. The minimum absolute atomic E-state index is 0.136. The normalized spacial score (nSPS) is 11.9. The van der Waals surface area contributed by atoms with E-state index >= 15 is 0 Å². The highest BCUT2D eigenvalue weighted by Crippen LogP contribution is 2.23. The Balaban J connectivity index is 1.49. The summed E-state index contributed by atoms with van der Waals surface area (Å²) in [5.74, 6) is 0.410. The second kappa shape index (κ2) is 7.87. The summed E-state index contributed by atoms with van der Waals surface area (Å²) in [6.07, 6.45) is 0.211. The van der Waals surface area contributed by atoms with Crippen LogP contribution >= 0.6 is 0 Å². The van der Waals surface area contributed by atoms with Crippen molar-refractivity contribution in [1.29, 1.82) is 0 Å². The van der Waals surface area contributed by atoms with Gasteiger partial charge in [-0.25, -0.2) is 0 Å². The molecule has 2 N–H and O–H groups in total. The molecule has 1 heterocycles. The van der Waals surface area contributed by atoms with E-state index in [4.69, 9.17) is 4.42 Å². The first kappa shape index (κ1) is 17.7. The molecule has 0 aliphatic carbocycles. The van der Waals surface area contributed by atoms with Gasteiger partial charge in [0.2, 0.25) is 5.91 Å². The molecule has 2 aromatic carbocycles. The fraction of sp³-hybridized carbons (Fsp3) is 0.238. The molecule has 0 bridgehead atoms. The number of fused-ring (bicyclic) bond motifs is 1. The number of nitrogens with one attached hydrogen (secondary N) is 2. The van der Waals surface area contributed by atoms with Crippen molar-refractivity contribution < 1.29 is 14.0 Å². The highest BCUT2D eigenvalue weighted by Gasteiger charge is 2.14. The Morgan fingerprint density at radius 2 is 1.81 bits per heavy atom. The molecular formula is C21H22N2O3. The van der Waals surface area contributed by atoms with Gasteiger partial charge in [0.25, 0.3) is 5.91 Å². The zero-order chi connectivity index (χ0) is 18.5. The highest BCUT2D eigenvalue weighted by molar-refractivity contribution is 5.95.